The summed E-state index contributed by atoms with van der Waals surface area (Å²) in [6.07, 6.45) is 0. The highest BCUT2D eigenvalue weighted by Crippen LogP contribution is 2.20. The lowest BCUT2D eigenvalue weighted by Crippen LogP contribution is -2.13. The number of nitrogens with one attached hydrogen (secondary N) is 3. The fourth-order valence-corrected chi connectivity index (χ4v) is 1.54. The summed E-state index contributed by atoms with van der Waals surface area (Å²) in [5.74, 6) is -1.29. The van der Waals surface area contributed by atoms with E-state index < -0.39 is 17.6 Å². The second-order valence-electron chi connectivity index (χ2n) is 4.04. The van der Waals surface area contributed by atoms with Gasteiger partial charge in [-0.3, -0.25) is 14.7 Å². The number of carbonyl (C=O) groups excluding carboxylic acids is 2. The van der Waals surface area contributed by atoms with Gasteiger partial charge in [-0.05, 0) is 18.2 Å². The molecule has 8 heteroatoms. The van der Waals surface area contributed by atoms with Crippen molar-refractivity contribution in [3.63, 3.8) is 0 Å². The molecule has 2 aromatic rings. The van der Waals surface area contributed by atoms with Crippen molar-refractivity contribution >= 4 is 29.0 Å². The minimum atomic E-state index is -0.594. The van der Waals surface area contributed by atoms with Gasteiger partial charge >= 0.3 is 0 Å². The number of aromatic nitrogens is 2. The molecular weight excluding hydrogens is 265 g/mol. The summed E-state index contributed by atoms with van der Waals surface area (Å²) >= 11 is 0. The first-order chi connectivity index (χ1) is 9.45. The van der Waals surface area contributed by atoms with E-state index in [0.717, 1.165) is 6.07 Å². The molecule has 0 aliphatic rings. The Hall–Kier alpha value is -2.90. The van der Waals surface area contributed by atoms with Crippen LogP contribution in [-0.2, 0) is 4.79 Å². The Labute approximate surface area is 113 Å². The van der Waals surface area contributed by atoms with Crippen LogP contribution in [0.25, 0.3) is 0 Å². The summed E-state index contributed by atoms with van der Waals surface area (Å²) in [5.41, 5.74) is 5.88. The summed E-state index contributed by atoms with van der Waals surface area (Å²) in [7, 11) is 0. The second kappa shape index (κ2) is 5.39. The van der Waals surface area contributed by atoms with Crippen molar-refractivity contribution < 1.29 is 14.0 Å². The maximum absolute atomic E-state index is 13.4. The molecular formula is C12H12FN5O2. The zero-order chi connectivity index (χ0) is 14.7. The highest BCUT2D eigenvalue weighted by Gasteiger charge is 2.11. The van der Waals surface area contributed by atoms with Gasteiger partial charge in [0.1, 0.15) is 17.3 Å². The monoisotopic (exact) mass is 277 g/mol. The number of amides is 2. The number of aromatic amines is 1. The number of benzene rings is 1. The van der Waals surface area contributed by atoms with Gasteiger partial charge in [0.2, 0.25) is 5.91 Å². The number of nitrogen functional groups attached to an aromatic ring is 1. The molecule has 0 radical (unpaired) electrons. The smallest absolute Gasteiger partial charge is 0.273 e. The Morgan fingerprint density at radius 2 is 2.05 bits per heavy atom. The van der Waals surface area contributed by atoms with Crippen LogP contribution >= 0.6 is 0 Å². The normalized spacial score (nSPS) is 10.1. The van der Waals surface area contributed by atoms with E-state index in [1.807, 2.05) is 0 Å². The molecule has 0 aliphatic carbocycles. The van der Waals surface area contributed by atoms with Gasteiger partial charge in [0.25, 0.3) is 5.91 Å². The summed E-state index contributed by atoms with van der Waals surface area (Å²) < 4.78 is 13.4. The number of nitrogens with two attached hydrogens (primary N) is 1. The topological polar surface area (TPSA) is 113 Å². The molecule has 0 saturated heterocycles. The third-order valence-electron chi connectivity index (χ3n) is 2.38. The average Bonchev–Trinajstić information content (AvgIpc) is 2.79. The molecule has 1 heterocycles. The van der Waals surface area contributed by atoms with E-state index in [1.165, 1.54) is 25.1 Å². The highest BCUT2D eigenvalue weighted by molar-refractivity contribution is 6.03. The average molecular weight is 277 g/mol. The minimum absolute atomic E-state index is 0.0144. The van der Waals surface area contributed by atoms with Crippen molar-refractivity contribution in [1.29, 1.82) is 0 Å². The van der Waals surface area contributed by atoms with Gasteiger partial charge in [-0.2, -0.15) is 5.10 Å². The molecule has 1 aromatic carbocycles. The first-order valence-corrected chi connectivity index (χ1v) is 5.65. The van der Waals surface area contributed by atoms with Crippen LogP contribution in [0.2, 0.25) is 0 Å². The summed E-state index contributed by atoms with van der Waals surface area (Å²) in [6.45, 7) is 1.26. The number of carbonyl (C=O) groups is 2. The Morgan fingerprint density at radius 1 is 1.30 bits per heavy atom. The van der Waals surface area contributed by atoms with Crippen molar-refractivity contribution in [2.75, 3.05) is 16.4 Å². The van der Waals surface area contributed by atoms with Crippen LogP contribution in [-0.4, -0.2) is 22.0 Å². The van der Waals surface area contributed by atoms with Crippen molar-refractivity contribution in [3.8, 4) is 0 Å². The molecule has 2 rings (SSSR count). The molecule has 20 heavy (non-hydrogen) atoms. The van der Waals surface area contributed by atoms with Crippen LogP contribution < -0.4 is 16.4 Å². The Kier molecular flexibility index (Phi) is 3.65. The number of nitrogens with zero attached hydrogens (tertiary/aromatic N) is 1. The van der Waals surface area contributed by atoms with Gasteiger partial charge in [-0.15, -0.1) is 0 Å². The zero-order valence-corrected chi connectivity index (χ0v) is 10.5. The van der Waals surface area contributed by atoms with Crippen molar-refractivity contribution in [1.82, 2.24) is 10.2 Å². The zero-order valence-electron chi connectivity index (χ0n) is 10.5. The Morgan fingerprint density at radius 3 is 2.65 bits per heavy atom. The van der Waals surface area contributed by atoms with Gasteiger partial charge < -0.3 is 16.4 Å². The summed E-state index contributed by atoms with van der Waals surface area (Å²) in [6, 6.07) is 5.20. The first-order valence-electron chi connectivity index (χ1n) is 5.65. The molecule has 1 aromatic heterocycles. The molecule has 0 atom stereocenters. The van der Waals surface area contributed by atoms with E-state index in [1.54, 1.807) is 0 Å². The molecule has 104 valence electrons. The van der Waals surface area contributed by atoms with E-state index >= 15 is 0 Å². The lowest BCUT2D eigenvalue weighted by atomic mass is 10.2. The molecule has 0 aliphatic heterocycles. The van der Waals surface area contributed by atoms with Crippen LogP contribution in [0.15, 0.2) is 24.3 Å². The van der Waals surface area contributed by atoms with Crippen molar-refractivity contribution in [2.45, 2.75) is 6.92 Å². The quantitative estimate of drug-likeness (QED) is 0.678. The molecule has 0 bridgehead atoms. The molecule has 7 nitrogen and oxygen atoms in total. The summed E-state index contributed by atoms with van der Waals surface area (Å²) in [5, 5.41) is 10.9. The Balaban J connectivity index is 2.17. The van der Waals surface area contributed by atoms with E-state index in [4.69, 9.17) is 5.73 Å². The van der Waals surface area contributed by atoms with E-state index in [-0.39, 0.29) is 17.2 Å². The van der Waals surface area contributed by atoms with Gasteiger partial charge in [0, 0.05) is 18.7 Å². The number of H-pyrrole nitrogens is 1. The number of rotatable bonds is 3. The number of anilines is 3. The third-order valence-corrected chi connectivity index (χ3v) is 2.38. The SMILES string of the molecule is CC(=O)Nc1cc(NC(=O)c2cc(N)n[nH]2)ccc1F. The Bertz CT molecular complexity index is 668. The van der Waals surface area contributed by atoms with Crippen LogP contribution in [0.3, 0.4) is 0 Å². The van der Waals surface area contributed by atoms with Crippen LogP contribution in [0.1, 0.15) is 17.4 Å². The van der Waals surface area contributed by atoms with Gasteiger partial charge in [-0.1, -0.05) is 0 Å². The largest absolute Gasteiger partial charge is 0.382 e. The van der Waals surface area contributed by atoms with Crippen molar-refractivity contribution in [2.24, 2.45) is 0 Å². The van der Waals surface area contributed by atoms with E-state index in [0.29, 0.717) is 5.69 Å². The second-order valence-corrected chi connectivity index (χ2v) is 4.04. The molecule has 0 spiro atoms. The fourth-order valence-electron chi connectivity index (χ4n) is 1.54. The van der Waals surface area contributed by atoms with Crippen LogP contribution in [0.4, 0.5) is 21.6 Å². The van der Waals surface area contributed by atoms with E-state index in [2.05, 4.69) is 20.8 Å². The lowest BCUT2D eigenvalue weighted by molar-refractivity contribution is -0.114. The maximum atomic E-state index is 13.4. The molecule has 2 amide bonds. The molecule has 5 N–H and O–H groups in total. The highest BCUT2D eigenvalue weighted by atomic mass is 19.1. The molecule has 0 saturated carbocycles. The van der Waals surface area contributed by atoms with Gasteiger partial charge in [-0.25, -0.2) is 4.39 Å². The molecule has 0 fully saturated rings. The lowest BCUT2D eigenvalue weighted by Gasteiger charge is -2.08. The first kappa shape index (κ1) is 13.5. The van der Waals surface area contributed by atoms with Crippen molar-refractivity contribution in [3.05, 3.63) is 35.8 Å². The number of hydrogen-bond donors (Lipinski definition) is 4. The van der Waals surface area contributed by atoms with Gasteiger partial charge in [0.05, 0.1) is 5.69 Å². The predicted octanol–water partition coefficient (Wildman–Crippen LogP) is 1.34. The predicted molar refractivity (Wildman–Crippen MR) is 71.7 cm³/mol. The van der Waals surface area contributed by atoms with E-state index in [9.17, 15) is 14.0 Å². The van der Waals surface area contributed by atoms with Crippen LogP contribution in [0.5, 0.6) is 0 Å². The third kappa shape index (κ3) is 3.10. The minimum Gasteiger partial charge on any atom is -0.382 e. The fraction of sp³-hybridized carbons (Fsp3) is 0.0833. The van der Waals surface area contributed by atoms with Crippen LogP contribution in [0, 0.1) is 5.82 Å². The number of halogens is 1. The maximum Gasteiger partial charge on any atom is 0.273 e. The standard InChI is InChI=1S/C12H12FN5O2/c1-6(19)15-9-4-7(2-3-8(9)13)16-12(20)10-5-11(14)18-17-10/h2-5H,1H3,(H,15,19)(H,16,20)(H3,14,17,18). The van der Waals surface area contributed by atoms with Gasteiger partial charge in [0.15, 0.2) is 0 Å². The molecule has 0 unspecified atom stereocenters. The number of hydrogen-bond acceptors (Lipinski definition) is 4. The summed E-state index contributed by atoms with van der Waals surface area (Å²) in [4.78, 5) is 22.8.